The fraction of sp³-hybridized carbons (Fsp3) is 0. The molecule has 5 nitrogen and oxygen atoms in total. The lowest BCUT2D eigenvalue weighted by molar-refractivity contribution is 0.439. The minimum absolute atomic E-state index is 0.00361. The summed E-state index contributed by atoms with van der Waals surface area (Å²) in [6.45, 7) is 0. The van der Waals surface area contributed by atoms with Crippen LogP contribution in [-0.2, 0) is 0 Å². The number of fused-ring (bicyclic) bond motifs is 1. The smallest absolute Gasteiger partial charge is 0.302 e. The third kappa shape index (κ3) is 2.28. The van der Waals surface area contributed by atoms with Gasteiger partial charge in [0.2, 0.25) is 0 Å². The molecule has 0 saturated heterocycles. The molecule has 0 radical (unpaired) electrons. The van der Waals surface area contributed by atoms with E-state index >= 15 is 0 Å². The van der Waals surface area contributed by atoms with E-state index in [9.17, 15) is 9.18 Å². The molecular formula is C13H8FN3O2. The Balaban J connectivity index is 2.04. The molecule has 1 N–H and O–H groups in total. The van der Waals surface area contributed by atoms with Crippen molar-refractivity contribution in [1.82, 2.24) is 15.0 Å². The number of hydrogen-bond donors (Lipinski definition) is 1. The van der Waals surface area contributed by atoms with Gasteiger partial charge in [-0.3, -0.25) is 14.8 Å². The molecule has 0 saturated carbocycles. The van der Waals surface area contributed by atoms with Gasteiger partial charge in [-0.1, -0.05) is 6.07 Å². The van der Waals surface area contributed by atoms with Crippen LogP contribution in [0.25, 0.3) is 10.9 Å². The quantitative estimate of drug-likeness (QED) is 0.764. The number of pyridine rings is 1. The summed E-state index contributed by atoms with van der Waals surface area (Å²) in [5.74, 6) is -0.173. The van der Waals surface area contributed by atoms with E-state index in [0.29, 0.717) is 10.9 Å². The van der Waals surface area contributed by atoms with Crippen LogP contribution in [0.15, 0.2) is 47.5 Å². The molecule has 0 fully saturated rings. The second-order valence-corrected chi connectivity index (χ2v) is 3.82. The van der Waals surface area contributed by atoms with Crippen molar-refractivity contribution in [3.05, 3.63) is 58.9 Å². The van der Waals surface area contributed by atoms with Crippen molar-refractivity contribution >= 4 is 10.9 Å². The average molecular weight is 257 g/mol. The summed E-state index contributed by atoms with van der Waals surface area (Å²) in [7, 11) is 0. The van der Waals surface area contributed by atoms with E-state index < -0.39 is 5.82 Å². The fourth-order valence-corrected chi connectivity index (χ4v) is 1.66. The first-order valence-electron chi connectivity index (χ1n) is 5.50. The Morgan fingerprint density at radius 3 is 3.00 bits per heavy atom. The van der Waals surface area contributed by atoms with Crippen molar-refractivity contribution in [1.29, 1.82) is 0 Å². The van der Waals surface area contributed by atoms with Crippen LogP contribution in [0.3, 0.4) is 0 Å². The highest BCUT2D eigenvalue weighted by molar-refractivity contribution is 5.76. The molecule has 0 aliphatic heterocycles. The number of benzene rings is 1. The number of halogens is 1. The molecular weight excluding hydrogens is 249 g/mol. The Labute approximate surface area is 106 Å². The van der Waals surface area contributed by atoms with Gasteiger partial charge in [0, 0.05) is 12.3 Å². The Morgan fingerprint density at radius 2 is 2.16 bits per heavy atom. The van der Waals surface area contributed by atoms with E-state index in [1.54, 1.807) is 12.1 Å². The van der Waals surface area contributed by atoms with Crippen LogP contribution in [-0.4, -0.2) is 15.0 Å². The molecule has 94 valence electrons. The van der Waals surface area contributed by atoms with Crippen LogP contribution < -0.4 is 10.3 Å². The Kier molecular flexibility index (Phi) is 2.68. The number of rotatable bonds is 2. The van der Waals surface area contributed by atoms with Crippen molar-refractivity contribution in [2.24, 2.45) is 0 Å². The minimum Gasteiger partial charge on any atom is -0.425 e. The predicted octanol–water partition coefficient (Wildman–Crippen LogP) is 2.25. The Bertz CT molecular complexity index is 801. The van der Waals surface area contributed by atoms with Gasteiger partial charge in [0.1, 0.15) is 11.6 Å². The molecule has 2 heterocycles. The van der Waals surface area contributed by atoms with Crippen molar-refractivity contribution in [2.75, 3.05) is 0 Å². The van der Waals surface area contributed by atoms with Crippen LogP contribution in [0.5, 0.6) is 11.8 Å². The molecule has 0 bridgehead atoms. The third-order valence-corrected chi connectivity index (χ3v) is 2.50. The summed E-state index contributed by atoms with van der Waals surface area (Å²) in [6, 6.07) is 7.13. The largest absolute Gasteiger partial charge is 0.425 e. The molecule has 0 unspecified atom stereocenters. The van der Waals surface area contributed by atoms with E-state index in [2.05, 4.69) is 15.0 Å². The zero-order valence-electron chi connectivity index (χ0n) is 9.63. The van der Waals surface area contributed by atoms with Gasteiger partial charge in [-0.05, 0) is 18.2 Å². The number of aromatic nitrogens is 3. The van der Waals surface area contributed by atoms with Crippen LogP contribution in [0.2, 0.25) is 0 Å². The first kappa shape index (κ1) is 11.3. The minimum atomic E-state index is -0.428. The van der Waals surface area contributed by atoms with E-state index in [1.807, 2.05) is 0 Å². The molecule has 0 atom stereocenters. The van der Waals surface area contributed by atoms with E-state index in [4.69, 9.17) is 4.74 Å². The van der Waals surface area contributed by atoms with Crippen molar-refractivity contribution in [3.8, 4) is 11.8 Å². The normalized spacial score (nSPS) is 10.6. The van der Waals surface area contributed by atoms with Crippen LogP contribution in [0, 0.1) is 5.82 Å². The van der Waals surface area contributed by atoms with E-state index in [-0.39, 0.29) is 17.3 Å². The summed E-state index contributed by atoms with van der Waals surface area (Å²) in [5, 5.41) is 0.418. The lowest BCUT2D eigenvalue weighted by atomic mass is 10.3. The molecule has 0 spiro atoms. The third-order valence-electron chi connectivity index (χ3n) is 2.50. The van der Waals surface area contributed by atoms with Gasteiger partial charge in [-0.25, -0.2) is 4.39 Å². The molecule has 19 heavy (non-hydrogen) atoms. The zero-order chi connectivity index (χ0) is 13.2. The first-order valence-corrected chi connectivity index (χ1v) is 5.50. The monoisotopic (exact) mass is 257 g/mol. The van der Waals surface area contributed by atoms with Gasteiger partial charge in [-0.2, -0.15) is 4.98 Å². The number of aromatic amines is 1. The second-order valence-electron chi connectivity index (χ2n) is 3.82. The zero-order valence-corrected chi connectivity index (χ0v) is 9.63. The van der Waals surface area contributed by atoms with Crippen molar-refractivity contribution < 1.29 is 9.13 Å². The summed E-state index contributed by atoms with van der Waals surface area (Å²) >= 11 is 0. The Morgan fingerprint density at radius 1 is 1.26 bits per heavy atom. The molecule has 0 amide bonds. The van der Waals surface area contributed by atoms with Gasteiger partial charge in [0.15, 0.2) is 0 Å². The molecule has 2 aromatic heterocycles. The van der Waals surface area contributed by atoms with Crippen LogP contribution >= 0.6 is 0 Å². The van der Waals surface area contributed by atoms with Gasteiger partial charge >= 0.3 is 6.01 Å². The summed E-state index contributed by atoms with van der Waals surface area (Å²) < 4.78 is 18.3. The molecule has 6 heteroatoms. The fourth-order valence-electron chi connectivity index (χ4n) is 1.66. The van der Waals surface area contributed by atoms with Gasteiger partial charge in [0.25, 0.3) is 5.56 Å². The molecule has 3 aromatic rings. The highest BCUT2D eigenvalue weighted by atomic mass is 19.1. The highest BCUT2D eigenvalue weighted by Gasteiger charge is 2.05. The molecule has 3 rings (SSSR count). The summed E-state index contributed by atoms with van der Waals surface area (Å²) in [6.07, 6.45) is 2.97. The van der Waals surface area contributed by atoms with Crippen molar-refractivity contribution in [3.63, 3.8) is 0 Å². The topological polar surface area (TPSA) is 67.9 Å². The van der Waals surface area contributed by atoms with Crippen LogP contribution in [0.1, 0.15) is 0 Å². The maximum Gasteiger partial charge on any atom is 0.302 e. The molecule has 0 aliphatic carbocycles. The SMILES string of the molecule is O=c1[nH]c(Oc2cccc(F)c2)nc2cnccc12. The maximum absolute atomic E-state index is 13.0. The average Bonchev–Trinajstić information content (AvgIpc) is 2.39. The summed E-state index contributed by atoms with van der Waals surface area (Å²) in [5.41, 5.74) is 0.0801. The number of hydrogen-bond acceptors (Lipinski definition) is 4. The maximum atomic E-state index is 13.0. The van der Waals surface area contributed by atoms with Gasteiger partial charge in [-0.15, -0.1) is 0 Å². The Hall–Kier alpha value is -2.76. The van der Waals surface area contributed by atoms with Crippen LogP contribution in [0.4, 0.5) is 4.39 Å². The first-order chi connectivity index (χ1) is 9.22. The lowest BCUT2D eigenvalue weighted by Gasteiger charge is -2.04. The molecule has 0 aliphatic rings. The number of nitrogens with zero attached hydrogens (tertiary/aromatic N) is 2. The number of ether oxygens (including phenoxy) is 1. The second kappa shape index (κ2) is 4.49. The standard InChI is InChI=1S/C13H8FN3O2/c14-8-2-1-3-9(6-8)19-13-16-11-7-15-5-4-10(11)12(18)17-13/h1-7H,(H,16,17,18). The van der Waals surface area contributed by atoms with E-state index in [1.165, 1.54) is 30.6 Å². The highest BCUT2D eigenvalue weighted by Crippen LogP contribution is 2.18. The van der Waals surface area contributed by atoms with Crippen molar-refractivity contribution in [2.45, 2.75) is 0 Å². The van der Waals surface area contributed by atoms with Gasteiger partial charge < -0.3 is 4.74 Å². The number of nitrogens with one attached hydrogen (secondary N) is 1. The lowest BCUT2D eigenvalue weighted by Crippen LogP contribution is -2.09. The van der Waals surface area contributed by atoms with Gasteiger partial charge in [0.05, 0.1) is 17.1 Å². The molecule has 1 aromatic carbocycles. The summed E-state index contributed by atoms with van der Waals surface area (Å²) in [4.78, 5) is 22.2. The van der Waals surface area contributed by atoms with E-state index in [0.717, 1.165) is 0 Å². The predicted molar refractivity (Wildman–Crippen MR) is 66.6 cm³/mol. The number of H-pyrrole nitrogens is 1.